The Morgan fingerprint density at radius 3 is 2.81 bits per heavy atom. The second-order valence-corrected chi connectivity index (χ2v) is 6.85. The van der Waals surface area contributed by atoms with Gasteiger partial charge in [0.05, 0.1) is 5.02 Å². The van der Waals surface area contributed by atoms with Crippen molar-refractivity contribution in [1.82, 2.24) is 10.2 Å². The second-order valence-electron chi connectivity index (χ2n) is 6.05. The number of ether oxygens (including phenoxy) is 1. The van der Waals surface area contributed by atoms with Gasteiger partial charge >= 0.3 is 0 Å². The van der Waals surface area contributed by atoms with E-state index in [4.69, 9.17) is 28.6 Å². The maximum absolute atomic E-state index is 13.2. The summed E-state index contributed by atoms with van der Waals surface area (Å²) in [5.74, 6) is 0.0225. The molecule has 0 radical (unpaired) electrons. The lowest BCUT2D eigenvalue weighted by molar-refractivity contribution is -0.122. The first-order valence-electron chi connectivity index (χ1n) is 8.49. The van der Waals surface area contributed by atoms with Crippen LogP contribution in [0.25, 0.3) is 6.08 Å². The lowest BCUT2D eigenvalue weighted by atomic mass is 10.1. The van der Waals surface area contributed by atoms with Crippen LogP contribution in [-0.2, 0) is 11.4 Å². The van der Waals surface area contributed by atoms with Crippen molar-refractivity contribution >= 4 is 40.9 Å². The first-order valence-corrected chi connectivity index (χ1v) is 9.28. The molecule has 4 nitrogen and oxygen atoms in total. The van der Waals surface area contributed by atoms with Gasteiger partial charge in [0, 0.05) is 6.54 Å². The summed E-state index contributed by atoms with van der Waals surface area (Å²) in [6.07, 6.45) is 2.52. The Morgan fingerprint density at radius 1 is 1.30 bits per heavy atom. The molecule has 7 heteroatoms. The average molecular weight is 405 g/mol. The third-order valence-electron chi connectivity index (χ3n) is 3.96. The first-order chi connectivity index (χ1) is 13.0. The topological polar surface area (TPSA) is 41.6 Å². The Bertz CT molecular complexity index is 917. The van der Waals surface area contributed by atoms with E-state index < -0.39 is 0 Å². The molecule has 2 aromatic carbocycles. The monoisotopic (exact) mass is 404 g/mol. The highest BCUT2D eigenvalue weighted by Crippen LogP contribution is 2.27. The summed E-state index contributed by atoms with van der Waals surface area (Å²) in [5, 5.41) is 3.75. The van der Waals surface area contributed by atoms with Crippen LogP contribution < -0.4 is 10.1 Å². The van der Waals surface area contributed by atoms with Crippen LogP contribution in [0.5, 0.6) is 5.75 Å². The van der Waals surface area contributed by atoms with E-state index >= 15 is 0 Å². The lowest BCUT2D eigenvalue weighted by Crippen LogP contribution is -2.31. The van der Waals surface area contributed by atoms with Crippen LogP contribution in [0.2, 0.25) is 5.02 Å². The van der Waals surface area contributed by atoms with Gasteiger partial charge in [-0.3, -0.25) is 9.69 Å². The van der Waals surface area contributed by atoms with E-state index in [2.05, 4.69) is 5.32 Å². The van der Waals surface area contributed by atoms with Gasteiger partial charge in [0.1, 0.15) is 23.9 Å². The lowest BCUT2D eigenvalue weighted by Gasteiger charge is -2.11. The van der Waals surface area contributed by atoms with E-state index in [-0.39, 0.29) is 18.3 Å². The largest absolute Gasteiger partial charge is 0.487 e. The number of carbonyl (C=O) groups is 1. The molecule has 0 bridgehead atoms. The Labute approximate surface area is 167 Å². The predicted octanol–water partition coefficient (Wildman–Crippen LogP) is 4.53. The molecule has 1 aliphatic heterocycles. The molecule has 1 N–H and O–H groups in total. The van der Waals surface area contributed by atoms with Gasteiger partial charge < -0.3 is 10.1 Å². The molecule has 0 unspecified atom stereocenters. The van der Waals surface area contributed by atoms with Crippen LogP contribution in [0.1, 0.15) is 24.5 Å². The van der Waals surface area contributed by atoms with Gasteiger partial charge in [-0.2, -0.15) is 0 Å². The summed E-state index contributed by atoms with van der Waals surface area (Å²) in [5.41, 5.74) is 1.87. The van der Waals surface area contributed by atoms with Crippen LogP contribution >= 0.6 is 23.8 Å². The molecule has 0 saturated carbocycles. The number of nitrogens with zero attached hydrogens (tertiary/aromatic N) is 1. The normalized spacial score (nSPS) is 15.4. The number of benzene rings is 2. The molecule has 0 atom stereocenters. The Kier molecular flexibility index (Phi) is 6.08. The summed E-state index contributed by atoms with van der Waals surface area (Å²) >= 11 is 11.5. The van der Waals surface area contributed by atoms with E-state index in [0.29, 0.717) is 33.7 Å². The number of amides is 1. The molecule has 1 saturated heterocycles. The van der Waals surface area contributed by atoms with Crippen LogP contribution in [0, 0.1) is 5.82 Å². The fourth-order valence-corrected chi connectivity index (χ4v) is 3.20. The van der Waals surface area contributed by atoms with Crippen molar-refractivity contribution < 1.29 is 13.9 Å². The molecular formula is C20H18ClFN2O2S. The van der Waals surface area contributed by atoms with Gasteiger partial charge in [-0.05, 0) is 60.1 Å². The fraction of sp³-hybridized carbons (Fsp3) is 0.200. The molecule has 140 valence electrons. The SMILES string of the molecule is CCCN1C(=O)/C(=C/c2ccc(OCc3cccc(F)c3)c(Cl)c2)NC1=S. The highest BCUT2D eigenvalue weighted by Gasteiger charge is 2.29. The van der Waals surface area contributed by atoms with Crippen molar-refractivity contribution in [1.29, 1.82) is 0 Å². The number of halogens is 2. The van der Waals surface area contributed by atoms with Crippen molar-refractivity contribution in [2.24, 2.45) is 0 Å². The molecule has 3 rings (SSSR count). The minimum atomic E-state index is -0.312. The van der Waals surface area contributed by atoms with Gasteiger partial charge in [-0.1, -0.05) is 36.7 Å². The van der Waals surface area contributed by atoms with E-state index in [1.54, 1.807) is 41.3 Å². The third kappa shape index (κ3) is 4.64. The molecule has 1 heterocycles. The van der Waals surface area contributed by atoms with Gasteiger partial charge in [-0.15, -0.1) is 0 Å². The van der Waals surface area contributed by atoms with E-state index in [0.717, 1.165) is 12.0 Å². The molecule has 0 aliphatic carbocycles. The number of nitrogens with one attached hydrogen (secondary N) is 1. The first kappa shape index (κ1) is 19.3. The van der Waals surface area contributed by atoms with Crippen LogP contribution in [0.4, 0.5) is 4.39 Å². The molecule has 0 spiro atoms. The van der Waals surface area contributed by atoms with Crippen molar-refractivity contribution in [2.45, 2.75) is 20.0 Å². The molecule has 27 heavy (non-hydrogen) atoms. The van der Waals surface area contributed by atoms with Crippen molar-refractivity contribution in [2.75, 3.05) is 6.54 Å². The molecule has 1 amide bonds. The molecule has 1 fully saturated rings. The van der Waals surface area contributed by atoms with Gasteiger partial charge in [0.15, 0.2) is 5.11 Å². The smallest absolute Gasteiger partial charge is 0.276 e. The van der Waals surface area contributed by atoms with Crippen molar-refractivity contribution in [3.05, 3.63) is 70.1 Å². The average Bonchev–Trinajstić information content (AvgIpc) is 2.89. The number of hydrogen-bond donors (Lipinski definition) is 1. The van der Waals surface area contributed by atoms with Crippen molar-refractivity contribution in [3.63, 3.8) is 0 Å². The van der Waals surface area contributed by atoms with E-state index in [1.165, 1.54) is 12.1 Å². The summed E-state index contributed by atoms with van der Waals surface area (Å²) in [4.78, 5) is 13.9. The summed E-state index contributed by atoms with van der Waals surface area (Å²) in [6, 6.07) is 11.4. The Hall–Kier alpha value is -2.44. The zero-order chi connectivity index (χ0) is 19.4. The predicted molar refractivity (Wildman–Crippen MR) is 108 cm³/mol. The fourth-order valence-electron chi connectivity index (χ4n) is 2.68. The van der Waals surface area contributed by atoms with Gasteiger partial charge in [0.25, 0.3) is 5.91 Å². The van der Waals surface area contributed by atoms with Crippen LogP contribution in [0.3, 0.4) is 0 Å². The van der Waals surface area contributed by atoms with Gasteiger partial charge in [-0.25, -0.2) is 4.39 Å². The minimum absolute atomic E-state index is 0.149. The summed E-state index contributed by atoms with van der Waals surface area (Å²) < 4.78 is 18.9. The zero-order valence-electron chi connectivity index (χ0n) is 14.7. The van der Waals surface area contributed by atoms with Crippen LogP contribution in [0.15, 0.2) is 48.2 Å². The number of carbonyl (C=O) groups excluding carboxylic acids is 1. The minimum Gasteiger partial charge on any atom is -0.487 e. The maximum atomic E-state index is 13.2. The molecular weight excluding hydrogens is 387 g/mol. The quantitative estimate of drug-likeness (QED) is 0.567. The summed E-state index contributed by atoms with van der Waals surface area (Å²) in [7, 11) is 0. The highest BCUT2D eigenvalue weighted by atomic mass is 35.5. The second kappa shape index (κ2) is 8.50. The van der Waals surface area contributed by atoms with E-state index in [9.17, 15) is 9.18 Å². The molecule has 1 aliphatic rings. The Morgan fingerprint density at radius 2 is 2.11 bits per heavy atom. The van der Waals surface area contributed by atoms with Crippen molar-refractivity contribution in [3.8, 4) is 5.75 Å². The molecule has 0 aromatic heterocycles. The van der Waals surface area contributed by atoms with Gasteiger partial charge in [0.2, 0.25) is 0 Å². The molecule has 2 aromatic rings. The number of hydrogen-bond acceptors (Lipinski definition) is 3. The number of rotatable bonds is 6. The van der Waals surface area contributed by atoms with Crippen LogP contribution in [-0.4, -0.2) is 22.5 Å². The summed E-state index contributed by atoms with van der Waals surface area (Å²) in [6.45, 7) is 2.77. The zero-order valence-corrected chi connectivity index (χ0v) is 16.2. The van der Waals surface area contributed by atoms with E-state index in [1.807, 2.05) is 6.92 Å². The standard InChI is InChI=1S/C20H18ClFN2O2S/c1-2-8-24-19(25)17(23-20(24)27)11-13-6-7-18(16(21)10-13)26-12-14-4-3-5-15(22)9-14/h3-7,9-11H,2,8,12H2,1H3,(H,23,27)/b17-11-. The third-order valence-corrected chi connectivity index (χ3v) is 4.58. The highest BCUT2D eigenvalue weighted by molar-refractivity contribution is 7.80. The maximum Gasteiger partial charge on any atom is 0.276 e. The Balaban J connectivity index is 1.71. The number of thiocarbonyl (C=S) groups is 1.